The van der Waals surface area contributed by atoms with E-state index in [1.54, 1.807) is 0 Å². The quantitative estimate of drug-likeness (QED) is 0.894. The van der Waals surface area contributed by atoms with Gasteiger partial charge in [0.05, 0.1) is 6.04 Å². The van der Waals surface area contributed by atoms with Gasteiger partial charge in [-0.15, -0.1) is 25.6 Å². The molecule has 0 unspecified atom stereocenters. The molecule has 1 saturated heterocycles. The summed E-state index contributed by atoms with van der Waals surface area (Å²) in [6.07, 6.45) is -2.91. The molecular formula is C13H16ClF3N2O2. The van der Waals surface area contributed by atoms with Crippen molar-refractivity contribution in [2.45, 2.75) is 31.8 Å². The van der Waals surface area contributed by atoms with Crippen LogP contribution in [0, 0.1) is 0 Å². The molecule has 21 heavy (non-hydrogen) atoms. The van der Waals surface area contributed by atoms with Crippen molar-refractivity contribution in [1.29, 1.82) is 0 Å². The first-order valence-corrected chi connectivity index (χ1v) is 6.30. The van der Waals surface area contributed by atoms with Crippen molar-refractivity contribution in [2.24, 2.45) is 0 Å². The average Bonchev–Trinajstić information content (AvgIpc) is 2.89. The first-order valence-electron chi connectivity index (χ1n) is 6.30. The van der Waals surface area contributed by atoms with Crippen molar-refractivity contribution in [2.75, 3.05) is 6.54 Å². The van der Waals surface area contributed by atoms with E-state index in [2.05, 4.69) is 15.4 Å². The molecular weight excluding hydrogens is 309 g/mol. The Hall–Kier alpha value is -1.47. The zero-order valence-corrected chi connectivity index (χ0v) is 11.9. The summed E-state index contributed by atoms with van der Waals surface area (Å²) in [7, 11) is 0. The maximum atomic E-state index is 12.0. The van der Waals surface area contributed by atoms with E-state index in [1.807, 2.05) is 0 Å². The second kappa shape index (κ2) is 7.51. The van der Waals surface area contributed by atoms with Crippen LogP contribution in [0.15, 0.2) is 24.3 Å². The lowest BCUT2D eigenvalue weighted by Crippen LogP contribution is -2.39. The maximum Gasteiger partial charge on any atom is 0.573 e. The fraction of sp³-hybridized carbons (Fsp3) is 0.462. The van der Waals surface area contributed by atoms with Crippen molar-refractivity contribution in [3.8, 4) is 5.75 Å². The lowest BCUT2D eigenvalue weighted by Gasteiger charge is -2.12. The third-order valence-corrected chi connectivity index (χ3v) is 3.00. The van der Waals surface area contributed by atoms with E-state index >= 15 is 0 Å². The highest BCUT2D eigenvalue weighted by Crippen LogP contribution is 2.22. The summed E-state index contributed by atoms with van der Waals surface area (Å²) in [5.41, 5.74) is 0.714. The first kappa shape index (κ1) is 17.6. The first-order chi connectivity index (χ1) is 9.44. The molecule has 8 heteroatoms. The summed E-state index contributed by atoms with van der Waals surface area (Å²) >= 11 is 0. The Morgan fingerprint density at radius 2 is 2.00 bits per heavy atom. The summed E-state index contributed by atoms with van der Waals surface area (Å²) in [6, 6.07) is 5.26. The Bertz CT molecular complexity index is 459. The van der Waals surface area contributed by atoms with Gasteiger partial charge in [-0.05, 0) is 37.1 Å². The summed E-state index contributed by atoms with van der Waals surface area (Å²) in [5, 5.41) is 5.81. The predicted octanol–water partition coefficient (Wildman–Crippen LogP) is 2.38. The molecule has 2 rings (SSSR count). The van der Waals surface area contributed by atoms with E-state index in [9.17, 15) is 18.0 Å². The van der Waals surface area contributed by atoms with E-state index in [0.29, 0.717) is 5.56 Å². The van der Waals surface area contributed by atoms with Gasteiger partial charge in [0, 0.05) is 6.54 Å². The van der Waals surface area contributed by atoms with E-state index < -0.39 is 6.36 Å². The number of halogens is 4. The van der Waals surface area contributed by atoms with Crippen LogP contribution >= 0.6 is 12.4 Å². The maximum absolute atomic E-state index is 12.0. The van der Waals surface area contributed by atoms with Crippen molar-refractivity contribution in [3.63, 3.8) is 0 Å². The number of hydrogen-bond acceptors (Lipinski definition) is 3. The number of carbonyl (C=O) groups is 1. The second-order valence-corrected chi connectivity index (χ2v) is 4.56. The fourth-order valence-electron chi connectivity index (χ4n) is 2.03. The summed E-state index contributed by atoms with van der Waals surface area (Å²) in [5.74, 6) is -0.358. The molecule has 118 valence electrons. The third-order valence-electron chi connectivity index (χ3n) is 3.00. The molecule has 0 aliphatic carbocycles. The van der Waals surface area contributed by atoms with Gasteiger partial charge in [0.1, 0.15) is 5.75 Å². The second-order valence-electron chi connectivity index (χ2n) is 4.56. The van der Waals surface area contributed by atoms with Crippen LogP contribution in [0.1, 0.15) is 18.4 Å². The van der Waals surface area contributed by atoms with E-state index in [4.69, 9.17) is 0 Å². The Morgan fingerprint density at radius 3 is 2.52 bits per heavy atom. The Labute approximate surface area is 126 Å². The SMILES string of the molecule is Cl.O=C(NCc1ccc(OC(F)(F)F)cc1)[C@@H]1CCCN1. The molecule has 0 saturated carbocycles. The third kappa shape index (κ3) is 5.81. The summed E-state index contributed by atoms with van der Waals surface area (Å²) < 4.78 is 39.7. The van der Waals surface area contributed by atoms with E-state index in [1.165, 1.54) is 24.3 Å². The highest BCUT2D eigenvalue weighted by atomic mass is 35.5. The normalized spacial score (nSPS) is 18.0. The smallest absolute Gasteiger partial charge is 0.406 e. The Balaban J connectivity index is 0.00000220. The number of hydrogen-bond donors (Lipinski definition) is 2. The van der Waals surface area contributed by atoms with Gasteiger partial charge in [-0.3, -0.25) is 4.79 Å². The van der Waals surface area contributed by atoms with Gasteiger partial charge in [-0.1, -0.05) is 12.1 Å². The highest BCUT2D eigenvalue weighted by Gasteiger charge is 2.30. The van der Waals surface area contributed by atoms with E-state index in [-0.39, 0.29) is 36.7 Å². The molecule has 0 radical (unpaired) electrons. The minimum atomic E-state index is -4.69. The van der Waals surface area contributed by atoms with Gasteiger partial charge in [0.25, 0.3) is 0 Å². The van der Waals surface area contributed by atoms with Gasteiger partial charge in [0.2, 0.25) is 5.91 Å². The number of benzene rings is 1. The minimum Gasteiger partial charge on any atom is -0.406 e. The van der Waals surface area contributed by atoms with Crippen LogP contribution in [0.3, 0.4) is 0 Å². The van der Waals surface area contributed by atoms with Crippen LogP contribution in [0.2, 0.25) is 0 Å². The van der Waals surface area contributed by atoms with Crippen LogP contribution < -0.4 is 15.4 Å². The zero-order valence-electron chi connectivity index (χ0n) is 11.1. The molecule has 1 atom stereocenters. The van der Waals surface area contributed by atoms with Gasteiger partial charge >= 0.3 is 6.36 Å². The molecule has 1 fully saturated rings. The van der Waals surface area contributed by atoms with Crippen molar-refractivity contribution in [1.82, 2.24) is 10.6 Å². The monoisotopic (exact) mass is 324 g/mol. The summed E-state index contributed by atoms with van der Waals surface area (Å²) in [6.45, 7) is 1.12. The molecule has 1 heterocycles. The van der Waals surface area contributed by atoms with Gasteiger partial charge in [-0.25, -0.2) is 0 Å². The molecule has 2 N–H and O–H groups in total. The van der Waals surface area contributed by atoms with Gasteiger partial charge < -0.3 is 15.4 Å². The number of amides is 1. The van der Waals surface area contributed by atoms with Crippen LogP contribution in [0.5, 0.6) is 5.75 Å². The zero-order chi connectivity index (χ0) is 14.6. The molecule has 0 spiro atoms. The molecule has 1 aromatic rings. The highest BCUT2D eigenvalue weighted by molar-refractivity contribution is 5.85. The van der Waals surface area contributed by atoms with Gasteiger partial charge in [0.15, 0.2) is 0 Å². The van der Waals surface area contributed by atoms with Crippen LogP contribution in [-0.2, 0) is 11.3 Å². The molecule has 4 nitrogen and oxygen atoms in total. The standard InChI is InChI=1S/C13H15F3N2O2.ClH/c14-13(15,16)20-10-5-3-9(4-6-10)8-18-12(19)11-2-1-7-17-11;/h3-6,11,17H,1-2,7-8H2,(H,18,19);1H/t11-;/m0./s1. The van der Waals surface area contributed by atoms with Crippen LogP contribution in [0.25, 0.3) is 0 Å². The number of carbonyl (C=O) groups excluding carboxylic acids is 1. The minimum absolute atomic E-state index is 0. The Kier molecular flexibility index (Phi) is 6.29. The number of alkyl halides is 3. The Morgan fingerprint density at radius 1 is 1.33 bits per heavy atom. The molecule has 0 bridgehead atoms. The lowest BCUT2D eigenvalue weighted by atomic mass is 10.2. The van der Waals surface area contributed by atoms with Crippen LogP contribution in [0.4, 0.5) is 13.2 Å². The molecule has 1 amide bonds. The number of nitrogens with one attached hydrogen (secondary N) is 2. The molecule has 1 aromatic carbocycles. The van der Waals surface area contributed by atoms with Crippen LogP contribution in [-0.4, -0.2) is 24.9 Å². The van der Waals surface area contributed by atoms with E-state index in [0.717, 1.165) is 19.4 Å². The van der Waals surface area contributed by atoms with Crippen molar-refractivity contribution in [3.05, 3.63) is 29.8 Å². The van der Waals surface area contributed by atoms with Crippen molar-refractivity contribution < 1.29 is 22.7 Å². The molecule has 1 aliphatic heterocycles. The largest absolute Gasteiger partial charge is 0.573 e. The number of ether oxygens (including phenoxy) is 1. The summed E-state index contributed by atoms with van der Waals surface area (Å²) in [4.78, 5) is 11.7. The molecule has 0 aromatic heterocycles. The van der Waals surface area contributed by atoms with Crippen molar-refractivity contribution >= 4 is 18.3 Å². The lowest BCUT2D eigenvalue weighted by molar-refractivity contribution is -0.274. The average molecular weight is 325 g/mol. The molecule has 1 aliphatic rings. The number of rotatable bonds is 4. The van der Waals surface area contributed by atoms with Gasteiger partial charge in [-0.2, -0.15) is 0 Å². The fourth-order valence-corrected chi connectivity index (χ4v) is 2.03. The predicted molar refractivity (Wildman–Crippen MR) is 73.2 cm³/mol. The topological polar surface area (TPSA) is 50.4 Å².